The number of carbonyl (C=O) groups is 3. The lowest BCUT2D eigenvalue weighted by Crippen LogP contribution is -2.50. The molecule has 0 radical (unpaired) electrons. The number of aliphatic carboxylic acids is 1. The van der Waals surface area contributed by atoms with E-state index in [1.165, 1.54) is 116 Å². The largest absolute Gasteiger partial charge is 0.477 e. The standard InChI is InChI=1S/C55H95NO7/c1-6-8-10-12-14-16-18-20-22-24-25-26-27-28-29-30-32-33-35-37-39-41-43-45-53(57)62-50-51(49-61-48-47-52(55(59)60)56(3,4)5)63-54(58)46-44-42-40-38-36-34-31-23-21-19-17-15-13-11-9-7-2/h9,11,15,17,21,23,28-29,34,36,40,42,51-52H,6-8,10,12-14,16,18-20,22,24-27,30-33,35,37-39,41,43-50H2,1-5H3/p+1/b11-9+,17-15+,23-21+,29-28+,36-34+,42-40+. The summed E-state index contributed by atoms with van der Waals surface area (Å²) < 4.78 is 17.2. The zero-order valence-electron chi connectivity index (χ0n) is 41.3. The Hall–Kier alpha value is -3.23. The molecule has 0 rings (SSSR count). The molecule has 0 fully saturated rings. The van der Waals surface area contributed by atoms with E-state index in [-0.39, 0.29) is 42.7 Å². The van der Waals surface area contributed by atoms with Crippen molar-refractivity contribution < 1.29 is 38.2 Å². The predicted molar refractivity (Wildman–Crippen MR) is 266 cm³/mol. The van der Waals surface area contributed by atoms with Crippen molar-refractivity contribution in [1.82, 2.24) is 0 Å². The number of hydrogen-bond donors (Lipinski definition) is 1. The Bertz CT molecular complexity index is 1260. The van der Waals surface area contributed by atoms with Crippen molar-refractivity contribution in [3.05, 3.63) is 72.9 Å². The molecular formula is C55H96NO7+. The van der Waals surface area contributed by atoms with Crippen molar-refractivity contribution >= 4 is 17.9 Å². The molecule has 8 heteroatoms. The van der Waals surface area contributed by atoms with Gasteiger partial charge in [-0.25, -0.2) is 4.79 Å². The van der Waals surface area contributed by atoms with Gasteiger partial charge in [0.25, 0.3) is 0 Å². The second-order valence-electron chi connectivity index (χ2n) is 18.0. The number of hydrogen-bond acceptors (Lipinski definition) is 6. The van der Waals surface area contributed by atoms with Crippen LogP contribution in [0.15, 0.2) is 72.9 Å². The van der Waals surface area contributed by atoms with E-state index in [4.69, 9.17) is 14.2 Å². The minimum Gasteiger partial charge on any atom is -0.477 e. The molecule has 0 saturated carbocycles. The van der Waals surface area contributed by atoms with Crippen LogP contribution >= 0.6 is 0 Å². The first-order valence-corrected chi connectivity index (χ1v) is 25.5. The summed E-state index contributed by atoms with van der Waals surface area (Å²) in [5.41, 5.74) is 0. The molecule has 0 aromatic rings. The van der Waals surface area contributed by atoms with Crippen LogP contribution in [0.1, 0.15) is 206 Å². The van der Waals surface area contributed by atoms with Gasteiger partial charge in [0.1, 0.15) is 6.61 Å². The maximum absolute atomic E-state index is 12.7. The zero-order chi connectivity index (χ0) is 46.3. The van der Waals surface area contributed by atoms with Crippen LogP contribution in [-0.2, 0) is 28.6 Å². The van der Waals surface area contributed by atoms with Crippen molar-refractivity contribution in [3.8, 4) is 0 Å². The maximum atomic E-state index is 12.7. The number of allylic oxidation sites excluding steroid dienone is 12. The number of carboxylic acid groups (broad SMARTS) is 1. The molecule has 63 heavy (non-hydrogen) atoms. The quantitative estimate of drug-likeness (QED) is 0.0281. The average molecular weight is 883 g/mol. The molecule has 0 aliphatic heterocycles. The molecule has 0 aliphatic rings. The van der Waals surface area contributed by atoms with Crippen molar-refractivity contribution in [1.29, 1.82) is 0 Å². The Balaban J connectivity index is 4.30. The molecule has 0 aromatic heterocycles. The first kappa shape index (κ1) is 59.8. The summed E-state index contributed by atoms with van der Waals surface area (Å²) in [4.78, 5) is 37.1. The third-order valence-corrected chi connectivity index (χ3v) is 11.1. The number of unbranched alkanes of at least 4 members (excludes halogenated alkanes) is 19. The smallest absolute Gasteiger partial charge is 0.362 e. The second-order valence-corrected chi connectivity index (χ2v) is 18.0. The van der Waals surface area contributed by atoms with E-state index in [2.05, 4.69) is 74.6 Å². The van der Waals surface area contributed by atoms with Crippen LogP contribution in [-0.4, -0.2) is 80.6 Å². The predicted octanol–water partition coefficient (Wildman–Crippen LogP) is 14.7. The number of ether oxygens (including phenoxy) is 3. The molecule has 8 nitrogen and oxygen atoms in total. The molecule has 0 heterocycles. The van der Waals surface area contributed by atoms with Gasteiger partial charge in [-0.3, -0.25) is 9.59 Å². The number of likely N-dealkylation sites (N-methyl/N-ethyl adjacent to an activating group) is 1. The van der Waals surface area contributed by atoms with E-state index in [0.717, 1.165) is 51.4 Å². The van der Waals surface area contributed by atoms with E-state index in [1.54, 1.807) is 0 Å². The third-order valence-electron chi connectivity index (χ3n) is 11.1. The van der Waals surface area contributed by atoms with Crippen LogP contribution in [0.4, 0.5) is 0 Å². The van der Waals surface area contributed by atoms with Gasteiger partial charge in [0.15, 0.2) is 12.1 Å². The highest BCUT2D eigenvalue weighted by atomic mass is 16.6. The van der Waals surface area contributed by atoms with Crippen molar-refractivity contribution in [2.75, 3.05) is 41.0 Å². The molecule has 0 amide bonds. The highest BCUT2D eigenvalue weighted by molar-refractivity contribution is 5.72. The van der Waals surface area contributed by atoms with E-state index in [1.807, 2.05) is 33.3 Å². The van der Waals surface area contributed by atoms with Crippen LogP contribution in [0.5, 0.6) is 0 Å². The second kappa shape index (κ2) is 45.3. The Labute approximate surface area is 387 Å². The fraction of sp³-hybridized carbons (Fsp3) is 0.727. The number of carbonyl (C=O) groups excluding carboxylic acids is 2. The fourth-order valence-corrected chi connectivity index (χ4v) is 7.19. The summed E-state index contributed by atoms with van der Waals surface area (Å²) in [5, 5.41) is 9.64. The molecule has 1 N–H and O–H groups in total. The lowest BCUT2D eigenvalue weighted by atomic mass is 10.0. The summed E-state index contributed by atoms with van der Waals surface area (Å²) >= 11 is 0. The zero-order valence-corrected chi connectivity index (χ0v) is 41.3. The number of quaternary nitrogens is 1. The number of carboxylic acids is 1. The van der Waals surface area contributed by atoms with Gasteiger partial charge < -0.3 is 23.8 Å². The molecule has 362 valence electrons. The number of nitrogens with zero attached hydrogens (tertiary/aromatic N) is 1. The van der Waals surface area contributed by atoms with Crippen LogP contribution in [0.3, 0.4) is 0 Å². The van der Waals surface area contributed by atoms with Crippen LogP contribution in [0, 0.1) is 0 Å². The summed E-state index contributed by atoms with van der Waals surface area (Å²) in [6, 6.07) is -0.631. The minimum atomic E-state index is -0.888. The molecule has 2 atom stereocenters. The lowest BCUT2D eigenvalue weighted by molar-refractivity contribution is -0.887. The molecule has 2 unspecified atom stereocenters. The Morgan fingerprint density at radius 1 is 0.492 bits per heavy atom. The average Bonchev–Trinajstić information content (AvgIpc) is 3.24. The Morgan fingerprint density at radius 3 is 1.38 bits per heavy atom. The van der Waals surface area contributed by atoms with Crippen molar-refractivity contribution in [2.24, 2.45) is 0 Å². The van der Waals surface area contributed by atoms with Crippen molar-refractivity contribution in [3.63, 3.8) is 0 Å². The van der Waals surface area contributed by atoms with Gasteiger partial charge in [-0.05, 0) is 70.6 Å². The maximum Gasteiger partial charge on any atom is 0.362 e. The van der Waals surface area contributed by atoms with Crippen LogP contribution in [0.2, 0.25) is 0 Å². The first-order chi connectivity index (χ1) is 30.6. The van der Waals surface area contributed by atoms with Gasteiger partial charge in [0, 0.05) is 19.3 Å². The number of rotatable bonds is 45. The highest BCUT2D eigenvalue weighted by Crippen LogP contribution is 2.15. The van der Waals surface area contributed by atoms with Crippen molar-refractivity contribution in [2.45, 2.75) is 219 Å². The lowest BCUT2D eigenvalue weighted by Gasteiger charge is -2.31. The topological polar surface area (TPSA) is 99.1 Å². The van der Waals surface area contributed by atoms with Gasteiger partial charge in [-0.2, -0.15) is 0 Å². The summed E-state index contributed by atoms with van der Waals surface area (Å²) in [6.07, 6.45) is 58.4. The SMILES string of the molecule is CC/C=C/C/C=C/C/C=C/C/C=C/C/C=C/CCC(=O)OC(COCCC(C(=O)O)[N+](C)(C)C)COC(=O)CCCCCCCCC/C=C/CCCCCCCCCCCCCC. The van der Waals surface area contributed by atoms with Crippen LogP contribution in [0.25, 0.3) is 0 Å². The minimum absolute atomic E-state index is 0.0272. The van der Waals surface area contributed by atoms with Gasteiger partial charge in [0.05, 0.1) is 34.4 Å². The Morgan fingerprint density at radius 2 is 0.921 bits per heavy atom. The molecule has 0 saturated heterocycles. The summed E-state index contributed by atoms with van der Waals surface area (Å²) in [7, 11) is 5.50. The highest BCUT2D eigenvalue weighted by Gasteiger charge is 2.31. The normalized spacial score (nSPS) is 13.5. The molecule has 0 bridgehead atoms. The molecular weight excluding hydrogens is 787 g/mol. The van der Waals surface area contributed by atoms with E-state index in [9.17, 15) is 19.5 Å². The van der Waals surface area contributed by atoms with Gasteiger partial charge in [-0.15, -0.1) is 0 Å². The number of esters is 2. The van der Waals surface area contributed by atoms with E-state index >= 15 is 0 Å². The first-order valence-electron chi connectivity index (χ1n) is 25.5. The Kier molecular flexibility index (Phi) is 43.0. The van der Waals surface area contributed by atoms with Crippen LogP contribution < -0.4 is 0 Å². The van der Waals surface area contributed by atoms with Gasteiger partial charge in [-0.1, -0.05) is 189 Å². The third kappa shape index (κ3) is 43.8. The van der Waals surface area contributed by atoms with E-state index in [0.29, 0.717) is 19.3 Å². The molecule has 0 aliphatic carbocycles. The molecule has 0 spiro atoms. The van der Waals surface area contributed by atoms with E-state index < -0.39 is 18.1 Å². The van der Waals surface area contributed by atoms with Gasteiger partial charge >= 0.3 is 17.9 Å². The van der Waals surface area contributed by atoms with Gasteiger partial charge in [0.2, 0.25) is 0 Å². The fourth-order valence-electron chi connectivity index (χ4n) is 7.19. The molecule has 0 aromatic carbocycles. The summed E-state index contributed by atoms with van der Waals surface area (Å²) in [6.45, 7) is 4.55. The summed E-state index contributed by atoms with van der Waals surface area (Å²) in [5.74, 6) is -1.58. The monoisotopic (exact) mass is 883 g/mol.